The highest BCUT2D eigenvalue weighted by Gasteiger charge is 1.97. The number of hydrogen-bond acceptors (Lipinski definition) is 1. The SMILES string of the molecule is [CH2]CCCCCCCCCCCCCCCCCCCCCC(=O)O. The molecule has 0 aliphatic heterocycles. The zero-order valence-corrected chi connectivity index (χ0v) is 16.9. The Kier molecular flexibility index (Phi) is 21.1. The summed E-state index contributed by atoms with van der Waals surface area (Å²) < 4.78 is 0. The van der Waals surface area contributed by atoms with Gasteiger partial charge in [-0.05, 0) is 6.42 Å². The molecule has 0 spiro atoms. The zero-order chi connectivity index (χ0) is 18.4. The molecule has 2 nitrogen and oxygen atoms in total. The second-order valence-electron chi connectivity index (χ2n) is 7.71. The first-order valence-electron chi connectivity index (χ1n) is 11.3. The van der Waals surface area contributed by atoms with Gasteiger partial charge in [-0.3, -0.25) is 4.79 Å². The fraction of sp³-hybridized carbons (Fsp3) is 0.913. The van der Waals surface area contributed by atoms with E-state index in [4.69, 9.17) is 5.11 Å². The average Bonchev–Trinajstić information content (AvgIpc) is 2.60. The van der Waals surface area contributed by atoms with Gasteiger partial charge in [-0.2, -0.15) is 0 Å². The van der Waals surface area contributed by atoms with Gasteiger partial charge in [-0.25, -0.2) is 0 Å². The first kappa shape index (κ1) is 24.5. The standard InChI is InChI=1S/C23H45O2/c1-2-3-4-5-6-7-8-9-10-11-12-13-14-15-16-17-18-19-20-21-22-23(24)25/h1-22H2,(H,24,25). The summed E-state index contributed by atoms with van der Waals surface area (Å²) in [5.41, 5.74) is 0. The maximum Gasteiger partial charge on any atom is 0.303 e. The number of carbonyl (C=O) groups is 1. The highest BCUT2D eigenvalue weighted by atomic mass is 16.4. The molecule has 0 rings (SSSR count). The molecule has 0 amide bonds. The van der Waals surface area contributed by atoms with Gasteiger partial charge >= 0.3 is 5.97 Å². The Bertz CT molecular complexity index is 263. The molecule has 0 aliphatic rings. The van der Waals surface area contributed by atoms with Crippen molar-refractivity contribution in [3.63, 3.8) is 0 Å². The molecular weight excluding hydrogens is 308 g/mol. The lowest BCUT2D eigenvalue weighted by atomic mass is 10.0. The normalized spacial score (nSPS) is 11.1. The summed E-state index contributed by atoms with van der Waals surface area (Å²) in [4.78, 5) is 10.4. The van der Waals surface area contributed by atoms with E-state index in [9.17, 15) is 4.79 Å². The summed E-state index contributed by atoms with van der Waals surface area (Å²) in [7, 11) is 0. The molecule has 1 radical (unpaired) electrons. The van der Waals surface area contributed by atoms with Crippen molar-refractivity contribution in [3.8, 4) is 0 Å². The van der Waals surface area contributed by atoms with Gasteiger partial charge in [0.05, 0.1) is 0 Å². The molecule has 25 heavy (non-hydrogen) atoms. The van der Waals surface area contributed by atoms with Gasteiger partial charge in [-0.1, -0.05) is 129 Å². The van der Waals surface area contributed by atoms with Crippen molar-refractivity contribution < 1.29 is 9.90 Å². The molecule has 0 fully saturated rings. The molecule has 0 aliphatic carbocycles. The Hall–Kier alpha value is -0.530. The van der Waals surface area contributed by atoms with Gasteiger partial charge < -0.3 is 5.11 Å². The summed E-state index contributed by atoms with van der Waals surface area (Å²) in [6.07, 6.45) is 27.0. The molecule has 2 heteroatoms. The van der Waals surface area contributed by atoms with Crippen LogP contribution in [-0.4, -0.2) is 11.1 Å². The van der Waals surface area contributed by atoms with Crippen LogP contribution < -0.4 is 0 Å². The summed E-state index contributed by atoms with van der Waals surface area (Å²) in [6, 6.07) is 0. The van der Waals surface area contributed by atoms with Crippen LogP contribution in [0.3, 0.4) is 0 Å². The van der Waals surface area contributed by atoms with Crippen LogP contribution in [0.15, 0.2) is 0 Å². The summed E-state index contributed by atoms with van der Waals surface area (Å²) >= 11 is 0. The Morgan fingerprint density at radius 2 is 0.720 bits per heavy atom. The van der Waals surface area contributed by atoms with Crippen LogP contribution in [0.2, 0.25) is 0 Å². The van der Waals surface area contributed by atoms with E-state index in [1.165, 1.54) is 109 Å². The number of rotatable bonds is 21. The molecular formula is C23H45O2. The quantitative estimate of drug-likeness (QED) is 0.212. The van der Waals surface area contributed by atoms with Gasteiger partial charge in [0.2, 0.25) is 0 Å². The van der Waals surface area contributed by atoms with E-state index in [2.05, 4.69) is 6.92 Å². The fourth-order valence-electron chi connectivity index (χ4n) is 3.46. The molecule has 0 unspecified atom stereocenters. The Labute approximate surface area is 158 Å². The smallest absolute Gasteiger partial charge is 0.303 e. The van der Waals surface area contributed by atoms with E-state index in [0.717, 1.165) is 19.3 Å². The van der Waals surface area contributed by atoms with Gasteiger partial charge in [-0.15, -0.1) is 0 Å². The van der Waals surface area contributed by atoms with E-state index in [0.29, 0.717) is 6.42 Å². The number of aliphatic carboxylic acids is 1. The molecule has 0 saturated carbocycles. The third-order valence-electron chi connectivity index (χ3n) is 5.14. The molecule has 149 valence electrons. The van der Waals surface area contributed by atoms with Crippen LogP contribution in [0, 0.1) is 6.92 Å². The average molecular weight is 354 g/mol. The van der Waals surface area contributed by atoms with Crippen molar-refractivity contribution in [2.75, 3.05) is 0 Å². The van der Waals surface area contributed by atoms with Crippen molar-refractivity contribution in [2.45, 2.75) is 135 Å². The minimum Gasteiger partial charge on any atom is -0.481 e. The number of hydrogen-bond donors (Lipinski definition) is 1. The third kappa shape index (κ3) is 23.5. The van der Waals surface area contributed by atoms with Crippen LogP contribution in [0.25, 0.3) is 0 Å². The fourth-order valence-corrected chi connectivity index (χ4v) is 3.46. The lowest BCUT2D eigenvalue weighted by Gasteiger charge is -2.04. The predicted octanol–water partition coefficient (Wildman–Crippen LogP) is 8.10. The molecule has 0 atom stereocenters. The summed E-state index contributed by atoms with van der Waals surface area (Å²) in [5, 5.41) is 8.56. The van der Waals surface area contributed by atoms with Gasteiger partial charge in [0.25, 0.3) is 0 Å². The van der Waals surface area contributed by atoms with Crippen LogP contribution in [0.5, 0.6) is 0 Å². The van der Waals surface area contributed by atoms with E-state index in [1.807, 2.05) is 0 Å². The maximum absolute atomic E-state index is 10.4. The first-order valence-corrected chi connectivity index (χ1v) is 11.3. The third-order valence-corrected chi connectivity index (χ3v) is 5.14. The van der Waals surface area contributed by atoms with E-state index in [-0.39, 0.29) is 0 Å². The second kappa shape index (κ2) is 21.5. The van der Waals surface area contributed by atoms with Gasteiger partial charge in [0, 0.05) is 6.42 Å². The molecule has 1 N–H and O–H groups in total. The molecule has 0 aromatic heterocycles. The van der Waals surface area contributed by atoms with Crippen LogP contribution in [-0.2, 0) is 4.79 Å². The summed E-state index contributed by atoms with van der Waals surface area (Å²) in [5.74, 6) is -0.652. The molecule has 0 aromatic carbocycles. The number of carboxylic acid groups (broad SMARTS) is 1. The molecule has 0 bridgehead atoms. The van der Waals surface area contributed by atoms with E-state index < -0.39 is 5.97 Å². The van der Waals surface area contributed by atoms with Gasteiger partial charge in [0.15, 0.2) is 0 Å². The monoisotopic (exact) mass is 353 g/mol. The Morgan fingerprint density at radius 1 is 0.480 bits per heavy atom. The lowest BCUT2D eigenvalue weighted by molar-refractivity contribution is -0.137. The Morgan fingerprint density at radius 3 is 0.960 bits per heavy atom. The summed E-state index contributed by atoms with van der Waals surface area (Å²) in [6.45, 7) is 3.89. The molecule has 0 aromatic rings. The topological polar surface area (TPSA) is 37.3 Å². The highest BCUT2D eigenvalue weighted by molar-refractivity contribution is 5.66. The van der Waals surface area contributed by atoms with Crippen LogP contribution in [0.1, 0.15) is 135 Å². The first-order chi connectivity index (χ1) is 12.3. The minimum atomic E-state index is -0.652. The van der Waals surface area contributed by atoms with E-state index in [1.54, 1.807) is 0 Å². The van der Waals surface area contributed by atoms with Gasteiger partial charge in [0.1, 0.15) is 0 Å². The van der Waals surface area contributed by atoms with Crippen molar-refractivity contribution >= 4 is 5.97 Å². The van der Waals surface area contributed by atoms with E-state index >= 15 is 0 Å². The van der Waals surface area contributed by atoms with Crippen molar-refractivity contribution in [3.05, 3.63) is 6.92 Å². The molecule has 0 saturated heterocycles. The van der Waals surface area contributed by atoms with Crippen LogP contribution >= 0.6 is 0 Å². The lowest BCUT2D eigenvalue weighted by Crippen LogP contribution is -1.93. The zero-order valence-electron chi connectivity index (χ0n) is 16.9. The largest absolute Gasteiger partial charge is 0.481 e. The second-order valence-corrected chi connectivity index (χ2v) is 7.71. The Balaban J connectivity index is 2.97. The number of carboxylic acids is 1. The minimum absolute atomic E-state index is 0.344. The van der Waals surface area contributed by atoms with Crippen molar-refractivity contribution in [1.29, 1.82) is 0 Å². The highest BCUT2D eigenvalue weighted by Crippen LogP contribution is 2.14. The van der Waals surface area contributed by atoms with Crippen molar-refractivity contribution in [2.24, 2.45) is 0 Å². The maximum atomic E-state index is 10.4. The predicted molar refractivity (Wildman–Crippen MR) is 110 cm³/mol. The van der Waals surface area contributed by atoms with Crippen LogP contribution in [0.4, 0.5) is 0 Å². The number of unbranched alkanes of at least 4 members (excludes halogenated alkanes) is 19. The molecule has 0 heterocycles. The van der Waals surface area contributed by atoms with Crippen molar-refractivity contribution in [1.82, 2.24) is 0 Å².